The summed E-state index contributed by atoms with van der Waals surface area (Å²) in [6.07, 6.45) is 1.15. The van der Waals surface area contributed by atoms with Crippen LogP contribution in [0.25, 0.3) is 0 Å². The van der Waals surface area contributed by atoms with Gasteiger partial charge in [-0.1, -0.05) is 6.92 Å². The Kier molecular flexibility index (Phi) is 3.72. The normalized spacial score (nSPS) is 38.4. The van der Waals surface area contributed by atoms with E-state index in [0.717, 1.165) is 6.42 Å². The number of rotatable bonds is 3. The van der Waals surface area contributed by atoms with Crippen molar-refractivity contribution >= 4 is 8.25 Å². The molecule has 72 valence electrons. The van der Waals surface area contributed by atoms with Crippen LogP contribution in [0.2, 0.25) is 0 Å². The highest BCUT2D eigenvalue weighted by molar-refractivity contribution is 7.32. The van der Waals surface area contributed by atoms with Crippen molar-refractivity contribution in [1.29, 1.82) is 0 Å². The average molecular weight is 194 g/mol. The summed E-state index contributed by atoms with van der Waals surface area (Å²) in [5.74, 6) is 0.514. The molecule has 1 N–H and O–H groups in total. The van der Waals surface area contributed by atoms with E-state index in [4.69, 9.17) is 9.63 Å². The molecule has 12 heavy (non-hydrogen) atoms. The molecule has 0 spiro atoms. The fourth-order valence-corrected chi connectivity index (χ4v) is 1.70. The topological polar surface area (TPSA) is 55.8 Å². The van der Waals surface area contributed by atoms with Gasteiger partial charge in [0.1, 0.15) is 0 Å². The van der Waals surface area contributed by atoms with E-state index >= 15 is 0 Å². The molecule has 4 atom stereocenters. The van der Waals surface area contributed by atoms with Crippen molar-refractivity contribution in [3.05, 3.63) is 0 Å². The van der Waals surface area contributed by atoms with Crippen LogP contribution in [0.15, 0.2) is 0 Å². The van der Waals surface area contributed by atoms with Gasteiger partial charge in [-0.2, -0.15) is 0 Å². The summed E-state index contributed by atoms with van der Waals surface area (Å²) in [4.78, 5) is 8.41. The minimum absolute atomic E-state index is 0.00361. The fraction of sp³-hybridized carbons (Fsp3) is 1.00. The zero-order valence-electron chi connectivity index (χ0n) is 7.32. The Morgan fingerprint density at radius 2 is 2.33 bits per heavy atom. The summed E-state index contributed by atoms with van der Waals surface area (Å²) in [7, 11) is -2.79. The minimum Gasteiger partial charge on any atom is -0.373 e. The van der Waals surface area contributed by atoms with E-state index in [1.54, 1.807) is 0 Å². The number of hydrogen-bond acceptors (Lipinski definition) is 3. The zero-order chi connectivity index (χ0) is 9.14. The van der Waals surface area contributed by atoms with Crippen LogP contribution in [0, 0.1) is 5.92 Å². The van der Waals surface area contributed by atoms with E-state index in [1.807, 2.05) is 6.92 Å². The third-order valence-electron chi connectivity index (χ3n) is 2.24. The van der Waals surface area contributed by atoms with Crippen molar-refractivity contribution in [3.63, 3.8) is 0 Å². The molecule has 1 aliphatic rings. The fourth-order valence-electron chi connectivity index (χ4n) is 1.37. The SMILES string of the molecule is CC1OC(CO[PH](=O)O)C[C@@H]1C. The van der Waals surface area contributed by atoms with E-state index in [0.29, 0.717) is 5.92 Å². The van der Waals surface area contributed by atoms with Gasteiger partial charge in [0.05, 0.1) is 18.8 Å². The summed E-state index contributed by atoms with van der Waals surface area (Å²) < 4.78 is 20.3. The third kappa shape index (κ3) is 2.87. The first-order valence-electron chi connectivity index (χ1n) is 4.10. The molecule has 0 aromatic carbocycles. The lowest BCUT2D eigenvalue weighted by Gasteiger charge is -2.09. The largest absolute Gasteiger partial charge is 0.373 e. The maximum Gasteiger partial charge on any atom is 0.316 e. The molecule has 0 bridgehead atoms. The molecule has 1 rings (SSSR count). The lowest BCUT2D eigenvalue weighted by Crippen LogP contribution is -2.13. The van der Waals surface area contributed by atoms with E-state index in [-0.39, 0.29) is 18.8 Å². The summed E-state index contributed by atoms with van der Waals surface area (Å²) in [5, 5.41) is 0. The summed E-state index contributed by atoms with van der Waals surface area (Å²) >= 11 is 0. The smallest absolute Gasteiger partial charge is 0.316 e. The van der Waals surface area contributed by atoms with E-state index < -0.39 is 8.25 Å². The number of ether oxygens (including phenoxy) is 1. The Morgan fingerprint density at radius 3 is 2.75 bits per heavy atom. The van der Waals surface area contributed by atoms with Crippen molar-refractivity contribution in [3.8, 4) is 0 Å². The van der Waals surface area contributed by atoms with Crippen LogP contribution in [0.5, 0.6) is 0 Å². The molecule has 0 aromatic heterocycles. The average Bonchev–Trinajstić information content (AvgIpc) is 2.28. The van der Waals surface area contributed by atoms with E-state index in [1.165, 1.54) is 0 Å². The standard InChI is InChI=1S/C7H15O4P/c1-5-3-7(11-6(5)2)4-10-12(8)9/h5-7,12H,3-4H2,1-2H3,(H,8,9)/t5-,6?,7?/m0/s1. The Morgan fingerprint density at radius 1 is 1.67 bits per heavy atom. The first-order chi connectivity index (χ1) is 5.59. The Balaban J connectivity index is 2.23. The van der Waals surface area contributed by atoms with Gasteiger partial charge in [0.15, 0.2) is 0 Å². The lowest BCUT2D eigenvalue weighted by molar-refractivity contribution is 0.0204. The first-order valence-corrected chi connectivity index (χ1v) is 5.37. The van der Waals surface area contributed by atoms with E-state index in [9.17, 15) is 4.57 Å². The molecule has 0 radical (unpaired) electrons. The Labute approximate surface area is 72.8 Å². The van der Waals surface area contributed by atoms with Crippen LogP contribution in [-0.4, -0.2) is 23.7 Å². The van der Waals surface area contributed by atoms with Gasteiger partial charge in [-0.3, -0.25) is 4.57 Å². The van der Waals surface area contributed by atoms with Crippen molar-refractivity contribution in [1.82, 2.24) is 0 Å². The number of hydrogen-bond donors (Lipinski definition) is 1. The zero-order valence-corrected chi connectivity index (χ0v) is 8.32. The summed E-state index contributed by atoms with van der Waals surface area (Å²) in [5.41, 5.74) is 0. The molecule has 3 unspecified atom stereocenters. The molecule has 1 heterocycles. The van der Waals surface area contributed by atoms with Gasteiger partial charge in [0.25, 0.3) is 0 Å². The second-order valence-electron chi connectivity index (χ2n) is 3.25. The van der Waals surface area contributed by atoms with Gasteiger partial charge in [-0.05, 0) is 19.3 Å². The van der Waals surface area contributed by atoms with Gasteiger partial charge in [-0.25, -0.2) is 0 Å². The van der Waals surface area contributed by atoms with Crippen molar-refractivity contribution in [2.45, 2.75) is 32.5 Å². The van der Waals surface area contributed by atoms with Crippen molar-refractivity contribution < 1.29 is 18.7 Å². The quantitative estimate of drug-likeness (QED) is 0.686. The lowest BCUT2D eigenvalue weighted by atomic mass is 10.0. The highest BCUT2D eigenvalue weighted by atomic mass is 31.1. The highest BCUT2D eigenvalue weighted by Gasteiger charge is 2.28. The van der Waals surface area contributed by atoms with Crippen LogP contribution in [0.4, 0.5) is 0 Å². The maximum absolute atomic E-state index is 10.2. The summed E-state index contributed by atoms with van der Waals surface area (Å²) in [6.45, 7) is 4.35. The first kappa shape index (κ1) is 10.2. The Bertz CT molecular complexity index is 163. The van der Waals surface area contributed by atoms with Gasteiger partial charge >= 0.3 is 8.25 Å². The van der Waals surface area contributed by atoms with Crippen LogP contribution < -0.4 is 0 Å². The second-order valence-corrected chi connectivity index (χ2v) is 4.07. The molecule has 1 aliphatic heterocycles. The molecular formula is C7H15O4P. The maximum atomic E-state index is 10.2. The van der Waals surface area contributed by atoms with Gasteiger partial charge < -0.3 is 14.2 Å². The van der Waals surface area contributed by atoms with Gasteiger partial charge in [-0.15, -0.1) is 0 Å². The molecule has 0 aromatic rings. The molecule has 0 aliphatic carbocycles. The Hall–Kier alpha value is 0.110. The summed E-state index contributed by atoms with van der Waals surface area (Å²) in [6, 6.07) is 0. The van der Waals surface area contributed by atoms with E-state index in [2.05, 4.69) is 11.4 Å². The van der Waals surface area contributed by atoms with Crippen LogP contribution >= 0.6 is 8.25 Å². The van der Waals surface area contributed by atoms with Gasteiger partial charge in [0.2, 0.25) is 0 Å². The molecule has 0 amide bonds. The van der Waals surface area contributed by atoms with Crippen LogP contribution in [0.1, 0.15) is 20.3 Å². The minimum atomic E-state index is -2.79. The predicted molar refractivity (Wildman–Crippen MR) is 45.3 cm³/mol. The monoisotopic (exact) mass is 194 g/mol. The van der Waals surface area contributed by atoms with Crippen LogP contribution in [-0.2, 0) is 13.8 Å². The molecule has 1 saturated heterocycles. The van der Waals surface area contributed by atoms with Crippen molar-refractivity contribution in [2.75, 3.05) is 6.61 Å². The van der Waals surface area contributed by atoms with Gasteiger partial charge in [0, 0.05) is 0 Å². The van der Waals surface area contributed by atoms with Crippen LogP contribution in [0.3, 0.4) is 0 Å². The third-order valence-corrected chi connectivity index (χ3v) is 2.65. The molecule has 1 fully saturated rings. The predicted octanol–water partition coefficient (Wildman–Crippen LogP) is 1.20. The molecular weight excluding hydrogens is 179 g/mol. The molecule has 5 heteroatoms. The highest BCUT2D eigenvalue weighted by Crippen LogP contribution is 2.27. The second kappa shape index (κ2) is 4.38. The molecule has 0 saturated carbocycles. The molecule has 4 nitrogen and oxygen atoms in total. The van der Waals surface area contributed by atoms with Crippen molar-refractivity contribution in [2.24, 2.45) is 5.92 Å².